The minimum Gasteiger partial charge on any atom is -0.489 e. The zero-order chi connectivity index (χ0) is 18.7. The second-order valence-corrected chi connectivity index (χ2v) is 6.31. The molecule has 0 aromatic heterocycles. The number of carbonyl (C=O) groups is 1. The van der Waals surface area contributed by atoms with E-state index in [1.165, 1.54) is 4.90 Å². The van der Waals surface area contributed by atoms with Gasteiger partial charge in [-0.05, 0) is 31.9 Å². The fraction of sp³-hybridized carbons (Fsp3) is 0.579. The van der Waals surface area contributed by atoms with Gasteiger partial charge in [0.25, 0.3) is 0 Å². The number of carbonyl (C=O) groups excluding carboxylic acids is 1. The van der Waals surface area contributed by atoms with Gasteiger partial charge < -0.3 is 20.3 Å². The van der Waals surface area contributed by atoms with Gasteiger partial charge in [0.2, 0.25) is 5.91 Å². The van der Waals surface area contributed by atoms with Crippen molar-refractivity contribution in [2.45, 2.75) is 39.7 Å². The summed E-state index contributed by atoms with van der Waals surface area (Å²) in [5, 5.41) is 6.51. The predicted octanol–water partition coefficient (Wildman–Crippen LogP) is 2.19. The summed E-state index contributed by atoms with van der Waals surface area (Å²) in [7, 11) is 3.46. The molecule has 1 aromatic rings. The van der Waals surface area contributed by atoms with E-state index in [1.54, 1.807) is 14.1 Å². The van der Waals surface area contributed by atoms with Crippen molar-refractivity contribution in [2.24, 2.45) is 4.99 Å². The minimum atomic E-state index is -0.0270. The van der Waals surface area contributed by atoms with Crippen LogP contribution in [0.15, 0.2) is 29.3 Å². The topological polar surface area (TPSA) is 66.0 Å². The second kappa shape index (κ2) is 11.3. The number of ether oxygens (including phenoxy) is 1. The number of hydrogen-bond donors (Lipinski definition) is 2. The number of amides is 1. The molecule has 0 saturated heterocycles. The van der Waals surface area contributed by atoms with Crippen molar-refractivity contribution in [1.82, 2.24) is 15.5 Å². The third-order valence-electron chi connectivity index (χ3n) is 3.67. The van der Waals surface area contributed by atoms with Gasteiger partial charge in [-0.15, -0.1) is 0 Å². The fourth-order valence-corrected chi connectivity index (χ4v) is 2.03. The SMILES string of the molecule is CCCCNC(=NCC(=O)N(C)C)NCC(C)Oc1ccccc1C. The van der Waals surface area contributed by atoms with Crippen molar-refractivity contribution in [1.29, 1.82) is 0 Å². The Bertz CT molecular complexity index is 558. The van der Waals surface area contributed by atoms with Gasteiger partial charge in [0.1, 0.15) is 18.4 Å². The van der Waals surface area contributed by atoms with E-state index < -0.39 is 0 Å². The summed E-state index contributed by atoms with van der Waals surface area (Å²) in [5.74, 6) is 1.50. The van der Waals surface area contributed by atoms with Crippen LogP contribution in [0.5, 0.6) is 5.75 Å². The van der Waals surface area contributed by atoms with Crippen LogP contribution in [0, 0.1) is 6.92 Å². The zero-order valence-corrected chi connectivity index (χ0v) is 16.1. The molecule has 1 rings (SSSR count). The normalized spacial score (nSPS) is 12.4. The van der Waals surface area contributed by atoms with Crippen LogP contribution in [0.2, 0.25) is 0 Å². The van der Waals surface area contributed by atoms with Crippen molar-refractivity contribution in [2.75, 3.05) is 33.7 Å². The number of hydrogen-bond acceptors (Lipinski definition) is 3. The zero-order valence-electron chi connectivity index (χ0n) is 16.1. The van der Waals surface area contributed by atoms with Gasteiger partial charge in [0, 0.05) is 20.6 Å². The molecule has 0 bridgehead atoms. The molecule has 1 atom stereocenters. The number of aliphatic imine (C=N–C) groups is 1. The molecule has 6 nitrogen and oxygen atoms in total. The lowest BCUT2D eigenvalue weighted by Gasteiger charge is -2.19. The van der Waals surface area contributed by atoms with Gasteiger partial charge >= 0.3 is 0 Å². The molecule has 140 valence electrons. The Morgan fingerprint density at radius 2 is 2.00 bits per heavy atom. The number of unbranched alkanes of at least 4 members (excludes halogenated alkanes) is 1. The lowest BCUT2D eigenvalue weighted by atomic mass is 10.2. The van der Waals surface area contributed by atoms with Crippen LogP contribution in [0.4, 0.5) is 0 Å². The van der Waals surface area contributed by atoms with Crippen LogP contribution < -0.4 is 15.4 Å². The first-order chi connectivity index (χ1) is 11.9. The third-order valence-corrected chi connectivity index (χ3v) is 3.67. The fourth-order valence-electron chi connectivity index (χ4n) is 2.03. The quantitative estimate of drug-likeness (QED) is 0.408. The molecule has 1 unspecified atom stereocenters. The maximum Gasteiger partial charge on any atom is 0.243 e. The van der Waals surface area contributed by atoms with Crippen LogP contribution >= 0.6 is 0 Å². The van der Waals surface area contributed by atoms with Crippen molar-refractivity contribution >= 4 is 11.9 Å². The van der Waals surface area contributed by atoms with Crippen LogP contribution in [-0.4, -0.2) is 56.6 Å². The molecule has 25 heavy (non-hydrogen) atoms. The third kappa shape index (κ3) is 8.42. The molecule has 0 fully saturated rings. The first-order valence-electron chi connectivity index (χ1n) is 8.88. The molecule has 0 aliphatic heterocycles. The molecule has 0 heterocycles. The van der Waals surface area contributed by atoms with Gasteiger partial charge in [0.15, 0.2) is 5.96 Å². The summed E-state index contributed by atoms with van der Waals surface area (Å²) in [6, 6.07) is 7.96. The van der Waals surface area contributed by atoms with Gasteiger partial charge in [-0.1, -0.05) is 31.5 Å². The van der Waals surface area contributed by atoms with Crippen LogP contribution in [0.1, 0.15) is 32.3 Å². The number of nitrogens with one attached hydrogen (secondary N) is 2. The van der Waals surface area contributed by atoms with Crippen LogP contribution in [-0.2, 0) is 4.79 Å². The predicted molar refractivity (Wildman–Crippen MR) is 103 cm³/mol. The lowest BCUT2D eigenvalue weighted by molar-refractivity contribution is -0.127. The van der Waals surface area contributed by atoms with Gasteiger partial charge in [-0.2, -0.15) is 0 Å². The number of rotatable bonds is 9. The Balaban J connectivity index is 2.56. The highest BCUT2D eigenvalue weighted by atomic mass is 16.5. The molecule has 0 radical (unpaired) electrons. The molecular weight excluding hydrogens is 316 g/mol. The van der Waals surface area contributed by atoms with Crippen molar-refractivity contribution < 1.29 is 9.53 Å². The smallest absolute Gasteiger partial charge is 0.243 e. The standard InChI is InChI=1S/C19H32N4O2/c1-6-7-12-20-19(22-14-18(24)23(4)5)21-13-16(3)25-17-11-9-8-10-15(17)2/h8-11,16H,6-7,12-14H2,1-5H3,(H2,20,21,22). The van der Waals surface area contributed by atoms with E-state index in [1.807, 2.05) is 38.1 Å². The van der Waals surface area contributed by atoms with E-state index in [2.05, 4.69) is 22.5 Å². The number of aryl methyl sites for hydroxylation is 1. The summed E-state index contributed by atoms with van der Waals surface area (Å²) in [4.78, 5) is 17.6. The average Bonchev–Trinajstić information content (AvgIpc) is 2.58. The average molecular weight is 348 g/mol. The number of nitrogens with zero attached hydrogens (tertiary/aromatic N) is 2. The first kappa shape index (κ1) is 20.8. The van der Waals surface area contributed by atoms with Gasteiger partial charge in [0.05, 0.1) is 6.54 Å². The number of para-hydroxylation sites is 1. The summed E-state index contributed by atoms with van der Waals surface area (Å²) >= 11 is 0. The monoisotopic (exact) mass is 348 g/mol. The molecule has 0 spiro atoms. The maximum atomic E-state index is 11.7. The van der Waals surface area contributed by atoms with E-state index in [0.717, 1.165) is 30.7 Å². The van der Waals surface area contributed by atoms with E-state index in [4.69, 9.17) is 4.74 Å². The Hall–Kier alpha value is -2.24. The van der Waals surface area contributed by atoms with Gasteiger partial charge in [-0.25, -0.2) is 4.99 Å². The minimum absolute atomic E-state index is 0.0242. The summed E-state index contributed by atoms with van der Waals surface area (Å²) in [6.45, 7) is 7.73. The Morgan fingerprint density at radius 1 is 1.28 bits per heavy atom. The highest BCUT2D eigenvalue weighted by Gasteiger charge is 2.08. The Morgan fingerprint density at radius 3 is 2.64 bits per heavy atom. The lowest BCUT2D eigenvalue weighted by Crippen LogP contribution is -2.43. The number of benzene rings is 1. The molecule has 0 aliphatic rings. The Labute approximate surface area is 151 Å². The molecule has 0 aliphatic carbocycles. The molecule has 1 amide bonds. The highest BCUT2D eigenvalue weighted by molar-refractivity contribution is 5.84. The van der Waals surface area contributed by atoms with E-state index in [9.17, 15) is 4.79 Å². The summed E-state index contributed by atoms with van der Waals surface area (Å²) in [5.41, 5.74) is 1.11. The summed E-state index contributed by atoms with van der Waals surface area (Å²) < 4.78 is 5.96. The van der Waals surface area contributed by atoms with E-state index in [0.29, 0.717) is 12.5 Å². The molecule has 0 saturated carbocycles. The van der Waals surface area contributed by atoms with Crippen LogP contribution in [0.25, 0.3) is 0 Å². The first-order valence-corrected chi connectivity index (χ1v) is 8.88. The maximum absolute atomic E-state index is 11.7. The number of guanidine groups is 1. The van der Waals surface area contributed by atoms with Crippen molar-refractivity contribution in [3.63, 3.8) is 0 Å². The molecule has 6 heteroatoms. The van der Waals surface area contributed by atoms with Crippen LogP contribution in [0.3, 0.4) is 0 Å². The second-order valence-electron chi connectivity index (χ2n) is 6.31. The Kier molecular flexibility index (Phi) is 9.43. The number of likely N-dealkylation sites (N-methyl/N-ethyl adjacent to an activating group) is 1. The van der Waals surface area contributed by atoms with Crippen molar-refractivity contribution in [3.05, 3.63) is 29.8 Å². The molecule has 2 N–H and O–H groups in total. The van der Waals surface area contributed by atoms with Gasteiger partial charge in [-0.3, -0.25) is 4.79 Å². The van der Waals surface area contributed by atoms with E-state index >= 15 is 0 Å². The van der Waals surface area contributed by atoms with Crippen molar-refractivity contribution in [3.8, 4) is 5.75 Å². The molecular formula is C19H32N4O2. The van der Waals surface area contributed by atoms with E-state index in [-0.39, 0.29) is 18.6 Å². The summed E-state index contributed by atoms with van der Waals surface area (Å²) in [6.07, 6.45) is 2.13. The molecule has 1 aromatic carbocycles. The highest BCUT2D eigenvalue weighted by Crippen LogP contribution is 2.17. The largest absolute Gasteiger partial charge is 0.489 e.